The monoisotopic (exact) mass is 256 g/mol. The van der Waals surface area contributed by atoms with Gasteiger partial charge in [0, 0.05) is 13.1 Å². The molecule has 0 saturated heterocycles. The predicted octanol–water partition coefficient (Wildman–Crippen LogP) is 1.47. The van der Waals surface area contributed by atoms with Crippen LogP contribution in [0.2, 0.25) is 0 Å². The van der Waals surface area contributed by atoms with Crippen LogP contribution in [0.15, 0.2) is 29.2 Å². The Bertz CT molecular complexity index is 476. The van der Waals surface area contributed by atoms with E-state index < -0.39 is 10.0 Å². The molecule has 96 valence electrons. The summed E-state index contributed by atoms with van der Waals surface area (Å²) in [5.41, 5.74) is 6.08. The zero-order chi connectivity index (χ0) is 13.1. The van der Waals surface area contributed by atoms with Crippen molar-refractivity contribution in [2.75, 3.05) is 6.54 Å². The molecule has 5 heteroatoms. The van der Waals surface area contributed by atoms with E-state index in [1.807, 2.05) is 20.8 Å². The van der Waals surface area contributed by atoms with Gasteiger partial charge < -0.3 is 5.73 Å². The van der Waals surface area contributed by atoms with Crippen LogP contribution in [-0.2, 0) is 16.6 Å². The predicted molar refractivity (Wildman–Crippen MR) is 69.0 cm³/mol. The molecule has 0 aromatic heterocycles. The second-order valence-electron chi connectivity index (χ2n) is 5.20. The van der Waals surface area contributed by atoms with Crippen molar-refractivity contribution in [1.82, 2.24) is 4.72 Å². The van der Waals surface area contributed by atoms with Gasteiger partial charge in [0.1, 0.15) is 0 Å². The largest absolute Gasteiger partial charge is 0.326 e. The zero-order valence-corrected chi connectivity index (χ0v) is 11.3. The van der Waals surface area contributed by atoms with Crippen LogP contribution in [-0.4, -0.2) is 15.0 Å². The van der Waals surface area contributed by atoms with Gasteiger partial charge in [-0.1, -0.05) is 39.0 Å². The Kier molecular flexibility index (Phi) is 4.30. The van der Waals surface area contributed by atoms with Crippen molar-refractivity contribution in [3.63, 3.8) is 0 Å². The Hall–Kier alpha value is -0.910. The average molecular weight is 256 g/mol. The molecule has 1 aromatic rings. The summed E-state index contributed by atoms with van der Waals surface area (Å²) >= 11 is 0. The second kappa shape index (κ2) is 5.16. The van der Waals surface area contributed by atoms with E-state index in [1.54, 1.807) is 24.3 Å². The highest BCUT2D eigenvalue weighted by Gasteiger charge is 2.20. The quantitative estimate of drug-likeness (QED) is 0.857. The lowest BCUT2D eigenvalue weighted by Crippen LogP contribution is -2.33. The molecular weight excluding hydrogens is 236 g/mol. The molecule has 0 saturated carbocycles. The van der Waals surface area contributed by atoms with Gasteiger partial charge in [0.15, 0.2) is 0 Å². The van der Waals surface area contributed by atoms with E-state index in [1.165, 1.54) is 0 Å². The molecule has 17 heavy (non-hydrogen) atoms. The van der Waals surface area contributed by atoms with Crippen molar-refractivity contribution >= 4 is 10.0 Å². The number of hydrogen-bond acceptors (Lipinski definition) is 3. The number of sulfonamides is 1. The average Bonchev–Trinajstić information content (AvgIpc) is 2.26. The van der Waals surface area contributed by atoms with E-state index >= 15 is 0 Å². The first kappa shape index (κ1) is 14.2. The lowest BCUT2D eigenvalue weighted by Gasteiger charge is -2.19. The van der Waals surface area contributed by atoms with E-state index in [2.05, 4.69) is 4.72 Å². The summed E-state index contributed by atoms with van der Waals surface area (Å²) in [7, 11) is -3.47. The van der Waals surface area contributed by atoms with Crippen molar-refractivity contribution in [1.29, 1.82) is 0 Å². The summed E-state index contributed by atoms with van der Waals surface area (Å²) in [5, 5.41) is 0. The van der Waals surface area contributed by atoms with E-state index in [0.717, 1.165) is 0 Å². The molecule has 0 amide bonds. The molecule has 0 radical (unpaired) electrons. The first-order chi connectivity index (χ1) is 7.76. The lowest BCUT2D eigenvalue weighted by atomic mass is 9.98. The molecule has 4 nitrogen and oxygen atoms in total. The lowest BCUT2D eigenvalue weighted by molar-refractivity contribution is 0.407. The van der Waals surface area contributed by atoms with Crippen molar-refractivity contribution in [3.05, 3.63) is 29.8 Å². The fraction of sp³-hybridized carbons (Fsp3) is 0.500. The van der Waals surface area contributed by atoms with Gasteiger partial charge in [-0.3, -0.25) is 0 Å². The van der Waals surface area contributed by atoms with Gasteiger partial charge in [0.25, 0.3) is 0 Å². The molecular formula is C12H20N2O2S. The van der Waals surface area contributed by atoms with Crippen LogP contribution >= 0.6 is 0 Å². The van der Waals surface area contributed by atoms with Crippen molar-refractivity contribution in [2.45, 2.75) is 32.2 Å². The summed E-state index contributed by atoms with van der Waals surface area (Å²) in [6, 6.07) is 6.79. The number of nitrogens with one attached hydrogen (secondary N) is 1. The van der Waals surface area contributed by atoms with Gasteiger partial charge in [0.05, 0.1) is 4.90 Å². The van der Waals surface area contributed by atoms with Gasteiger partial charge in [0.2, 0.25) is 10.0 Å². The third-order valence-corrected chi connectivity index (χ3v) is 3.78. The van der Waals surface area contributed by atoms with Crippen molar-refractivity contribution in [2.24, 2.45) is 11.1 Å². The summed E-state index contributed by atoms with van der Waals surface area (Å²) < 4.78 is 26.8. The molecule has 0 atom stereocenters. The highest BCUT2D eigenvalue weighted by molar-refractivity contribution is 7.89. The van der Waals surface area contributed by atoms with Crippen LogP contribution in [0.4, 0.5) is 0 Å². The minimum atomic E-state index is -3.47. The molecule has 0 unspecified atom stereocenters. The third kappa shape index (κ3) is 4.11. The van der Waals surface area contributed by atoms with E-state index in [4.69, 9.17) is 5.73 Å². The molecule has 0 spiro atoms. The first-order valence-corrected chi connectivity index (χ1v) is 7.02. The minimum absolute atomic E-state index is 0.0925. The Labute approximate surface area is 103 Å². The van der Waals surface area contributed by atoms with Gasteiger partial charge in [-0.2, -0.15) is 0 Å². The van der Waals surface area contributed by atoms with Crippen LogP contribution in [0.25, 0.3) is 0 Å². The molecule has 1 aromatic carbocycles. The third-order valence-electron chi connectivity index (χ3n) is 2.27. The topological polar surface area (TPSA) is 72.2 Å². The normalized spacial score (nSPS) is 12.7. The molecule has 0 aliphatic carbocycles. The van der Waals surface area contributed by atoms with Crippen LogP contribution in [0.5, 0.6) is 0 Å². The van der Waals surface area contributed by atoms with Crippen LogP contribution in [0, 0.1) is 5.41 Å². The molecule has 0 heterocycles. The Morgan fingerprint density at radius 1 is 1.24 bits per heavy atom. The fourth-order valence-electron chi connectivity index (χ4n) is 1.32. The number of rotatable bonds is 4. The van der Waals surface area contributed by atoms with Crippen LogP contribution in [0.1, 0.15) is 26.3 Å². The Morgan fingerprint density at radius 2 is 1.82 bits per heavy atom. The van der Waals surface area contributed by atoms with Crippen LogP contribution < -0.4 is 10.5 Å². The zero-order valence-electron chi connectivity index (χ0n) is 10.5. The Morgan fingerprint density at radius 3 is 2.35 bits per heavy atom. The summed E-state index contributed by atoms with van der Waals surface area (Å²) in [6.07, 6.45) is 0. The van der Waals surface area contributed by atoms with E-state index in [-0.39, 0.29) is 16.9 Å². The van der Waals surface area contributed by atoms with Gasteiger partial charge in [-0.25, -0.2) is 13.1 Å². The highest BCUT2D eigenvalue weighted by Crippen LogP contribution is 2.17. The molecule has 0 bridgehead atoms. The highest BCUT2D eigenvalue weighted by atomic mass is 32.2. The maximum Gasteiger partial charge on any atom is 0.240 e. The molecule has 0 aliphatic heterocycles. The van der Waals surface area contributed by atoms with Crippen molar-refractivity contribution < 1.29 is 8.42 Å². The Balaban J connectivity index is 2.98. The molecule has 0 fully saturated rings. The summed E-state index contributed by atoms with van der Waals surface area (Å²) in [5.74, 6) is 0. The number of benzene rings is 1. The maximum atomic E-state index is 12.1. The SMILES string of the molecule is CC(C)(C)CNS(=O)(=O)c1ccccc1CN. The van der Waals surface area contributed by atoms with Gasteiger partial charge in [-0.05, 0) is 17.0 Å². The van der Waals surface area contributed by atoms with E-state index in [9.17, 15) is 8.42 Å². The maximum absolute atomic E-state index is 12.1. The summed E-state index contributed by atoms with van der Waals surface area (Å²) in [4.78, 5) is 0.270. The standard InChI is InChI=1S/C12H20N2O2S/c1-12(2,3)9-14-17(15,16)11-7-5-4-6-10(11)8-13/h4-7,14H,8-9,13H2,1-3H3. The molecule has 3 N–H and O–H groups in total. The number of nitrogens with two attached hydrogens (primary N) is 1. The van der Waals surface area contributed by atoms with Gasteiger partial charge >= 0.3 is 0 Å². The minimum Gasteiger partial charge on any atom is -0.326 e. The fourth-order valence-corrected chi connectivity index (χ4v) is 2.86. The molecule has 0 aliphatic rings. The van der Waals surface area contributed by atoms with Crippen LogP contribution in [0.3, 0.4) is 0 Å². The van der Waals surface area contributed by atoms with E-state index in [0.29, 0.717) is 12.1 Å². The number of hydrogen-bond donors (Lipinski definition) is 2. The molecule has 1 rings (SSSR count). The second-order valence-corrected chi connectivity index (χ2v) is 6.93. The van der Waals surface area contributed by atoms with Gasteiger partial charge in [-0.15, -0.1) is 0 Å². The van der Waals surface area contributed by atoms with Crippen molar-refractivity contribution in [3.8, 4) is 0 Å². The smallest absolute Gasteiger partial charge is 0.240 e. The first-order valence-electron chi connectivity index (χ1n) is 5.54. The summed E-state index contributed by atoms with van der Waals surface area (Å²) in [6.45, 7) is 6.54.